The zero-order chi connectivity index (χ0) is 15.8. The highest BCUT2D eigenvalue weighted by Crippen LogP contribution is 2.31. The van der Waals surface area contributed by atoms with Gasteiger partial charge in [0.05, 0.1) is 5.69 Å². The Morgan fingerprint density at radius 1 is 1.09 bits per heavy atom. The average molecular weight is 314 g/mol. The van der Waals surface area contributed by atoms with Crippen LogP contribution >= 0.6 is 0 Å². The van der Waals surface area contributed by atoms with E-state index in [2.05, 4.69) is 9.88 Å². The number of urea groups is 1. The van der Waals surface area contributed by atoms with Crippen molar-refractivity contribution in [3.63, 3.8) is 0 Å². The Labute approximate surface area is 136 Å². The lowest BCUT2D eigenvalue weighted by atomic mass is 10.0. The lowest BCUT2D eigenvalue weighted by molar-refractivity contribution is -0.130. The van der Waals surface area contributed by atoms with Crippen LogP contribution in [-0.2, 0) is 11.3 Å². The summed E-state index contributed by atoms with van der Waals surface area (Å²) in [5.41, 5.74) is 1.07. The van der Waals surface area contributed by atoms with Gasteiger partial charge in [0.1, 0.15) is 6.04 Å². The Bertz CT molecular complexity index is 576. The number of likely N-dealkylation sites (tertiary alicyclic amines) is 1. The van der Waals surface area contributed by atoms with Gasteiger partial charge in [-0.05, 0) is 37.8 Å². The van der Waals surface area contributed by atoms with Gasteiger partial charge in [-0.25, -0.2) is 4.79 Å². The van der Waals surface area contributed by atoms with Crippen molar-refractivity contribution >= 4 is 11.9 Å². The zero-order valence-corrected chi connectivity index (χ0v) is 13.2. The molecule has 4 rings (SSSR count). The molecule has 122 valence electrons. The molecule has 0 aromatic carbocycles. The van der Waals surface area contributed by atoms with Crippen molar-refractivity contribution in [2.24, 2.45) is 0 Å². The normalized spacial score (nSPS) is 26.2. The Balaban J connectivity index is 1.36. The molecule has 3 aliphatic heterocycles. The van der Waals surface area contributed by atoms with Crippen molar-refractivity contribution in [2.75, 3.05) is 19.6 Å². The molecule has 0 spiro atoms. The first-order valence-electron chi connectivity index (χ1n) is 8.50. The lowest BCUT2D eigenvalue weighted by Crippen LogP contribution is -2.48. The van der Waals surface area contributed by atoms with Gasteiger partial charge in [0.25, 0.3) is 5.91 Å². The number of imide groups is 1. The minimum atomic E-state index is -0.172. The molecule has 0 N–H and O–H groups in total. The molecule has 23 heavy (non-hydrogen) atoms. The van der Waals surface area contributed by atoms with Gasteiger partial charge in [-0.15, -0.1) is 0 Å². The number of hydrogen-bond acceptors (Lipinski definition) is 4. The monoisotopic (exact) mass is 314 g/mol. The van der Waals surface area contributed by atoms with Crippen LogP contribution in [0.25, 0.3) is 0 Å². The number of fused-ring (bicyclic) bond motifs is 1. The summed E-state index contributed by atoms with van der Waals surface area (Å²) in [4.78, 5) is 35.0. The molecule has 3 saturated heterocycles. The Morgan fingerprint density at radius 3 is 2.61 bits per heavy atom. The van der Waals surface area contributed by atoms with Crippen LogP contribution in [0, 0.1) is 0 Å². The molecule has 0 radical (unpaired) electrons. The van der Waals surface area contributed by atoms with Gasteiger partial charge < -0.3 is 4.90 Å². The number of piperidine rings is 1. The van der Waals surface area contributed by atoms with E-state index in [1.165, 1.54) is 0 Å². The van der Waals surface area contributed by atoms with Crippen LogP contribution in [-0.4, -0.2) is 63.3 Å². The van der Waals surface area contributed by atoms with Gasteiger partial charge in [0.15, 0.2) is 0 Å². The molecular formula is C17H22N4O2. The second-order valence-corrected chi connectivity index (χ2v) is 6.67. The maximum absolute atomic E-state index is 12.5. The summed E-state index contributed by atoms with van der Waals surface area (Å²) in [5, 5.41) is 0. The first-order chi connectivity index (χ1) is 11.2. The topological polar surface area (TPSA) is 56.8 Å². The van der Waals surface area contributed by atoms with Gasteiger partial charge in [0, 0.05) is 38.4 Å². The fourth-order valence-corrected chi connectivity index (χ4v) is 4.04. The van der Waals surface area contributed by atoms with E-state index < -0.39 is 0 Å². The molecule has 1 atom stereocenters. The van der Waals surface area contributed by atoms with Gasteiger partial charge >= 0.3 is 6.03 Å². The Morgan fingerprint density at radius 2 is 1.91 bits per heavy atom. The van der Waals surface area contributed by atoms with Crippen molar-refractivity contribution in [3.05, 3.63) is 30.1 Å². The highest BCUT2D eigenvalue weighted by molar-refractivity contribution is 6.04. The quantitative estimate of drug-likeness (QED) is 0.793. The summed E-state index contributed by atoms with van der Waals surface area (Å²) < 4.78 is 0. The summed E-state index contributed by atoms with van der Waals surface area (Å²) in [7, 11) is 0. The van der Waals surface area contributed by atoms with E-state index in [1.807, 2.05) is 24.4 Å². The molecule has 3 fully saturated rings. The van der Waals surface area contributed by atoms with E-state index in [-0.39, 0.29) is 24.0 Å². The maximum Gasteiger partial charge on any atom is 0.327 e. The van der Waals surface area contributed by atoms with Crippen molar-refractivity contribution in [1.29, 1.82) is 0 Å². The third-order valence-electron chi connectivity index (χ3n) is 5.26. The van der Waals surface area contributed by atoms with Gasteiger partial charge in [-0.3, -0.25) is 19.6 Å². The standard InChI is InChI=1S/C17H22N4O2/c22-16-15-5-3-9-20(15)17(23)21(16)14-6-10-19(11-7-14)12-13-4-1-2-8-18-13/h1-2,4,8,14-15H,3,5-7,9-12H2/t15-/m1/s1. The number of rotatable bonds is 3. The lowest BCUT2D eigenvalue weighted by Gasteiger charge is -2.35. The molecule has 3 aliphatic rings. The molecule has 0 aliphatic carbocycles. The van der Waals surface area contributed by atoms with Crippen molar-refractivity contribution < 1.29 is 9.59 Å². The summed E-state index contributed by atoms with van der Waals surface area (Å²) in [6, 6.07) is 5.81. The molecular weight excluding hydrogens is 292 g/mol. The first-order valence-corrected chi connectivity index (χ1v) is 8.50. The molecule has 6 heteroatoms. The van der Waals surface area contributed by atoms with Gasteiger partial charge in [0.2, 0.25) is 0 Å². The minimum Gasteiger partial charge on any atom is -0.312 e. The van der Waals surface area contributed by atoms with Crippen LogP contribution in [0.3, 0.4) is 0 Å². The van der Waals surface area contributed by atoms with Crippen LogP contribution in [0.1, 0.15) is 31.4 Å². The second-order valence-electron chi connectivity index (χ2n) is 6.67. The van der Waals surface area contributed by atoms with Crippen LogP contribution in [0.5, 0.6) is 0 Å². The van der Waals surface area contributed by atoms with Crippen LogP contribution in [0.2, 0.25) is 0 Å². The fourth-order valence-electron chi connectivity index (χ4n) is 4.04. The predicted octanol–water partition coefficient (Wildman–Crippen LogP) is 1.47. The summed E-state index contributed by atoms with van der Waals surface area (Å²) in [5.74, 6) is 0.0377. The third-order valence-corrected chi connectivity index (χ3v) is 5.26. The zero-order valence-electron chi connectivity index (χ0n) is 13.2. The number of hydrogen-bond donors (Lipinski definition) is 0. The SMILES string of the molecule is O=C1[C@H]2CCCN2C(=O)N1C1CCN(Cc2ccccn2)CC1. The van der Waals surface area contributed by atoms with Crippen LogP contribution in [0.4, 0.5) is 4.79 Å². The fraction of sp³-hybridized carbons (Fsp3) is 0.588. The highest BCUT2D eigenvalue weighted by atomic mass is 16.2. The number of amides is 3. The maximum atomic E-state index is 12.5. The van der Waals surface area contributed by atoms with Gasteiger partial charge in [-0.2, -0.15) is 0 Å². The number of nitrogens with zero attached hydrogens (tertiary/aromatic N) is 4. The Hall–Kier alpha value is -1.95. The van der Waals surface area contributed by atoms with E-state index in [0.29, 0.717) is 0 Å². The third kappa shape index (κ3) is 2.61. The van der Waals surface area contributed by atoms with Crippen LogP contribution < -0.4 is 0 Å². The molecule has 6 nitrogen and oxygen atoms in total. The Kier molecular flexibility index (Phi) is 3.77. The van der Waals surface area contributed by atoms with Crippen LogP contribution in [0.15, 0.2) is 24.4 Å². The van der Waals surface area contributed by atoms with E-state index >= 15 is 0 Å². The second kappa shape index (κ2) is 5.92. The van der Waals surface area contributed by atoms with E-state index in [9.17, 15) is 9.59 Å². The molecule has 0 saturated carbocycles. The van der Waals surface area contributed by atoms with E-state index in [1.54, 1.807) is 9.80 Å². The van der Waals surface area contributed by atoms with Crippen molar-refractivity contribution in [1.82, 2.24) is 19.7 Å². The first kappa shape index (κ1) is 14.6. The molecule has 1 aromatic heterocycles. The van der Waals surface area contributed by atoms with Crippen molar-refractivity contribution in [2.45, 2.75) is 44.3 Å². The number of carbonyl (C=O) groups excluding carboxylic acids is 2. The number of pyridine rings is 1. The number of aromatic nitrogens is 1. The van der Waals surface area contributed by atoms with E-state index in [4.69, 9.17) is 0 Å². The van der Waals surface area contributed by atoms with Crippen molar-refractivity contribution in [3.8, 4) is 0 Å². The predicted molar refractivity (Wildman–Crippen MR) is 84.5 cm³/mol. The average Bonchev–Trinajstić information content (AvgIpc) is 3.14. The molecule has 4 heterocycles. The minimum absolute atomic E-state index is 0.0377. The molecule has 3 amide bonds. The molecule has 0 unspecified atom stereocenters. The summed E-state index contributed by atoms with van der Waals surface area (Å²) in [6.45, 7) is 3.39. The highest BCUT2D eigenvalue weighted by Gasteiger charge is 2.49. The number of carbonyl (C=O) groups is 2. The largest absolute Gasteiger partial charge is 0.327 e. The van der Waals surface area contributed by atoms with Gasteiger partial charge in [-0.1, -0.05) is 6.07 Å². The smallest absolute Gasteiger partial charge is 0.312 e. The molecule has 1 aromatic rings. The molecule has 0 bridgehead atoms. The summed E-state index contributed by atoms with van der Waals surface area (Å²) in [6.07, 6.45) is 5.34. The van der Waals surface area contributed by atoms with E-state index in [0.717, 1.165) is 57.6 Å². The summed E-state index contributed by atoms with van der Waals surface area (Å²) >= 11 is 0.